The molecule has 0 aliphatic carbocycles. The van der Waals surface area contributed by atoms with E-state index in [1.807, 2.05) is 24.3 Å². The minimum absolute atomic E-state index is 0.463. The lowest BCUT2D eigenvalue weighted by molar-refractivity contribution is 0.413. The van der Waals surface area contributed by atoms with Crippen molar-refractivity contribution in [1.82, 2.24) is 10.2 Å². The summed E-state index contributed by atoms with van der Waals surface area (Å²) in [6, 6.07) is 16.1. The predicted molar refractivity (Wildman–Crippen MR) is 106 cm³/mol. The zero-order valence-corrected chi connectivity index (χ0v) is 15.5. The molecule has 1 aliphatic rings. The maximum absolute atomic E-state index is 5.78. The fourth-order valence-electron chi connectivity index (χ4n) is 3.38. The number of hydrogen-bond acceptors (Lipinski definition) is 6. The van der Waals surface area contributed by atoms with Crippen LogP contribution in [0.15, 0.2) is 52.9 Å². The highest BCUT2D eigenvalue weighted by atomic mass is 16.5. The number of methoxy groups -OCH3 is 1. The van der Waals surface area contributed by atoms with Crippen molar-refractivity contribution >= 4 is 11.4 Å². The molecule has 0 bridgehead atoms. The molecule has 0 amide bonds. The number of anilines is 2. The van der Waals surface area contributed by atoms with Crippen molar-refractivity contribution in [3.05, 3.63) is 54.4 Å². The Morgan fingerprint density at radius 3 is 2.56 bits per heavy atom. The molecule has 6 heteroatoms. The summed E-state index contributed by atoms with van der Waals surface area (Å²) in [7, 11) is 1.63. The van der Waals surface area contributed by atoms with Crippen LogP contribution in [0.5, 0.6) is 5.75 Å². The summed E-state index contributed by atoms with van der Waals surface area (Å²) < 4.78 is 11.1. The van der Waals surface area contributed by atoms with E-state index in [9.17, 15) is 0 Å². The second kappa shape index (κ2) is 8.12. The van der Waals surface area contributed by atoms with Gasteiger partial charge < -0.3 is 19.4 Å². The van der Waals surface area contributed by atoms with Crippen LogP contribution in [0.3, 0.4) is 0 Å². The molecule has 140 valence electrons. The number of ether oxygens (including phenoxy) is 1. The van der Waals surface area contributed by atoms with Gasteiger partial charge in [0.25, 0.3) is 5.89 Å². The molecule has 1 N–H and O–H groups in total. The highest BCUT2D eigenvalue weighted by Gasteiger charge is 2.13. The van der Waals surface area contributed by atoms with Crippen molar-refractivity contribution in [1.29, 1.82) is 0 Å². The Morgan fingerprint density at radius 2 is 1.78 bits per heavy atom. The largest absolute Gasteiger partial charge is 0.496 e. The molecule has 0 radical (unpaired) electrons. The maximum atomic E-state index is 5.78. The topological polar surface area (TPSA) is 63.4 Å². The molecule has 2 aromatic carbocycles. The van der Waals surface area contributed by atoms with Crippen LogP contribution in [-0.2, 0) is 6.54 Å². The van der Waals surface area contributed by atoms with E-state index in [1.54, 1.807) is 7.11 Å². The third-order valence-corrected chi connectivity index (χ3v) is 4.84. The van der Waals surface area contributed by atoms with Crippen LogP contribution in [0.2, 0.25) is 0 Å². The van der Waals surface area contributed by atoms with Crippen molar-refractivity contribution in [3.63, 3.8) is 0 Å². The molecule has 1 aliphatic heterocycles. The number of nitrogens with zero attached hydrogens (tertiary/aromatic N) is 3. The van der Waals surface area contributed by atoms with Crippen LogP contribution < -0.4 is 15.0 Å². The maximum Gasteiger partial charge on any atom is 0.251 e. The lowest BCUT2D eigenvalue weighted by Gasteiger charge is -2.28. The molecule has 0 unspecified atom stereocenters. The molecule has 3 aromatic rings. The summed E-state index contributed by atoms with van der Waals surface area (Å²) in [6.07, 6.45) is 3.91. The zero-order chi connectivity index (χ0) is 18.5. The molecule has 1 fully saturated rings. The number of piperidine rings is 1. The van der Waals surface area contributed by atoms with Crippen LogP contribution in [0.1, 0.15) is 25.2 Å². The summed E-state index contributed by atoms with van der Waals surface area (Å²) in [5, 5.41) is 11.6. The molecule has 2 heterocycles. The van der Waals surface area contributed by atoms with Gasteiger partial charge in [-0.3, -0.25) is 0 Å². The van der Waals surface area contributed by atoms with E-state index in [-0.39, 0.29) is 0 Å². The Hall–Kier alpha value is -3.02. The minimum Gasteiger partial charge on any atom is -0.496 e. The minimum atomic E-state index is 0.463. The SMILES string of the molecule is COc1ccccc1-c1nnc(CNc2ccc(N3CCCCC3)cc2)o1. The van der Waals surface area contributed by atoms with Gasteiger partial charge in [0.15, 0.2) is 0 Å². The molecule has 0 saturated carbocycles. The van der Waals surface area contributed by atoms with E-state index in [0.717, 1.165) is 24.3 Å². The highest BCUT2D eigenvalue weighted by Crippen LogP contribution is 2.28. The van der Waals surface area contributed by atoms with Crippen molar-refractivity contribution in [2.45, 2.75) is 25.8 Å². The van der Waals surface area contributed by atoms with Gasteiger partial charge >= 0.3 is 0 Å². The Morgan fingerprint density at radius 1 is 1.00 bits per heavy atom. The van der Waals surface area contributed by atoms with E-state index >= 15 is 0 Å². The summed E-state index contributed by atoms with van der Waals surface area (Å²) >= 11 is 0. The molecule has 4 rings (SSSR count). The number of benzene rings is 2. The fraction of sp³-hybridized carbons (Fsp3) is 0.333. The first-order chi connectivity index (χ1) is 13.3. The molecule has 1 aromatic heterocycles. The number of nitrogens with one attached hydrogen (secondary N) is 1. The highest BCUT2D eigenvalue weighted by molar-refractivity contribution is 5.62. The van der Waals surface area contributed by atoms with Gasteiger partial charge in [-0.05, 0) is 55.7 Å². The van der Waals surface area contributed by atoms with E-state index in [0.29, 0.717) is 24.1 Å². The second-order valence-electron chi connectivity index (χ2n) is 6.65. The lowest BCUT2D eigenvalue weighted by atomic mass is 10.1. The van der Waals surface area contributed by atoms with Crippen LogP contribution in [0, 0.1) is 0 Å². The summed E-state index contributed by atoms with van der Waals surface area (Å²) in [5.74, 6) is 1.72. The average molecular weight is 364 g/mol. The molecule has 0 atom stereocenters. The standard InChI is InChI=1S/C21H24N4O2/c1-26-19-8-4-3-7-18(19)21-24-23-20(27-21)15-22-16-9-11-17(12-10-16)25-13-5-2-6-14-25/h3-4,7-12,22H,2,5-6,13-15H2,1H3. The van der Waals surface area contributed by atoms with Crippen LogP contribution in [0.4, 0.5) is 11.4 Å². The van der Waals surface area contributed by atoms with E-state index < -0.39 is 0 Å². The third kappa shape index (κ3) is 4.05. The van der Waals surface area contributed by atoms with Gasteiger partial charge in [0, 0.05) is 24.5 Å². The predicted octanol–water partition coefficient (Wildman–Crippen LogP) is 4.35. The lowest BCUT2D eigenvalue weighted by Crippen LogP contribution is -2.29. The first-order valence-corrected chi connectivity index (χ1v) is 9.38. The molecule has 6 nitrogen and oxygen atoms in total. The van der Waals surface area contributed by atoms with Crippen LogP contribution in [-0.4, -0.2) is 30.4 Å². The van der Waals surface area contributed by atoms with Crippen molar-refractivity contribution in [2.24, 2.45) is 0 Å². The fourth-order valence-corrected chi connectivity index (χ4v) is 3.38. The van der Waals surface area contributed by atoms with E-state index in [2.05, 4.69) is 44.7 Å². The Labute approximate surface area is 159 Å². The number of aromatic nitrogens is 2. The van der Waals surface area contributed by atoms with Gasteiger partial charge in [-0.25, -0.2) is 0 Å². The number of hydrogen-bond donors (Lipinski definition) is 1. The second-order valence-corrected chi connectivity index (χ2v) is 6.65. The number of para-hydroxylation sites is 1. The molecule has 1 saturated heterocycles. The van der Waals surface area contributed by atoms with Gasteiger partial charge in [0.2, 0.25) is 5.89 Å². The summed E-state index contributed by atoms with van der Waals surface area (Å²) in [6.45, 7) is 2.78. The van der Waals surface area contributed by atoms with Crippen molar-refractivity contribution in [2.75, 3.05) is 30.4 Å². The summed E-state index contributed by atoms with van der Waals surface area (Å²) in [4.78, 5) is 2.45. The van der Waals surface area contributed by atoms with E-state index in [4.69, 9.17) is 9.15 Å². The van der Waals surface area contributed by atoms with Crippen molar-refractivity contribution in [3.8, 4) is 17.2 Å². The van der Waals surface area contributed by atoms with Crippen LogP contribution >= 0.6 is 0 Å². The Kier molecular flexibility index (Phi) is 5.23. The van der Waals surface area contributed by atoms with Crippen LogP contribution in [0.25, 0.3) is 11.5 Å². The Bertz CT molecular complexity index is 870. The average Bonchev–Trinajstić information content (AvgIpc) is 3.22. The van der Waals surface area contributed by atoms with Gasteiger partial charge in [-0.2, -0.15) is 0 Å². The first kappa shape index (κ1) is 17.4. The smallest absolute Gasteiger partial charge is 0.251 e. The van der Waals surface area contributed by atoms with Crippen molar-refractivity contribution < 1.29 is 9.15 Å². The number of rotatable bonds is 6. The monoisotopic (exact) mass is 364 g/mol. The Balaban J connectivity index is 1.38. The molecule has 0 spiro atoms. The van der Waals surface area contributed by atoms with Gasteiger partial charge in [0.05, 0.1) is 19.2 Å². The van der Waals surface area contributed by atoms with Gasteiger partial charge in [-0.1, -0.05) is 12.1 Å². The quantitative estimate of drug-likeness (QED) is 0.702. The third-order valence-electron chi connectivity index (χ3n) is 4.84. The molecule has 27 heavy (non-hydrogen) atoms. The molecular formula is C21H24N4O2. The van der Waals surface area contributed by atoms with Gasteiger partial charge in [0.1, 0.15) is 5.75 Å². The first-order valence-electron chi connectivity index (χ1n) is 9.38. The van der Waals surface area contributed by atoms with E-state index in [1.165, 1.54) is 24.9 Å². The zero-order valence-electron chi connectivity index (χ0n) is 15.5. The van der Waals surface area contributed by atoms with Gasteiger partial charge in [-0.15, -0.1) is 10.2 Å². The molecular weight excluding hydrogens is 340 g/mol. The summed E-state index contributed by atoms with van der Waals surface area (Å²) in [5.41, 5.74) is 3.12. The normalized spacial score (nSPS) is 14.2.